The summed E-state index contributed by atoms with van der Waals surface area (Å²) in [5.41, 5.74) is 0.217. The maximum atomic E-state index is 5.64. The van der Waals surface area contributed by atoms with Gasteiger partial charge in [-0.25, -0.2) is 0 Å². The van der Waals surface area contributed by atoms with Crippen molar-refractivity contribution in [3.63, 3.8) is 0 Å². The van der Waals surface area contributed by atoms with Crippen LogP contribution >= 0.6 is 11.8 Å². The van der Waals surface area contributed by atoms with Gasteiger partial charge in [0, 0.05) is 17.0 Å². The highest BCUT2D eigenvalue weighted by Crippen LogP contribution is 2.29. The van der Waals surface area contributed by atoms with E-state index < -0.39 is 0 Å². The molecule has 1 aromatic heterocycles. The van der Waals surface area contributed by atoms with Gasteiger partial charge >= 0.3 is 0 Å². The molecule has 1 aromatic rings. The lowest BCUT2D eigenvalue weighted by atomic mass is 10.1. The third kappa shape index (κ3) is 2.15. The van der Waals surface area contributed by atoms with Crippen LogP contribution in [0.1, 0.15) is 31.4 Å². The molecule has 1 unspecified atom stereocenters. The zero-order chi connectivity index (χ0) is 10.2. The molecule has 14 heavy (non-hydrogen) atoms. The van der Waals surface area contributed by atoms with Gasteiger partial charge in [0.25, 0.3) is 0 Å². The van der Waals surface area contributed by atoms with Gasteiger partial charge in [-0.05, 0) is 32.9 Å². The lowest BCUT2D eigenvalue weighted by Gasteiger charge is -2.35. The van der Waals surface area contributed by atoms with E-state index in [0.717, 1.165) is 17.3 Å². The summed E-state index contributed by atoms with van der Waals surface area (Å²) in [5.74, 6) is 4.34. The largest absolute Gasteiger partial charge is 0.465 e. The minimum atomic E-state index is 0.217. The molecule has 1 aliphatic heterocycles. The zero-order valence-corrected chi connectivity index (χ0v) is 9.78. The Labute approximate surface area is 89.4 Å². The molecular formula is C11H17NOS. The minimum Gasteiger partial charge on any atom is -0.465 e. The Morgan fingerprint density at radius 2 is 2.29 bits per heavy atom. The van der Waals surface area contributed by atoms with Crippen LogP contribution in [0, 0.1) is 6.92 Å². The quantitative estimate of drug-likeness (QED) is 0.773. The Kier molecular flexibility index (Phi) is 2.62. The van der Waals surface area contributed by atoms with Crippen molar-refractivity contribution in [1.82, 2.24) is 5.32 Å². The summed E-state index contributed by atoms with van der Waals surface area (Å²) in [6, 6.07) is 4.48. The van der Waals surface area contributed by atoms with Crippen molar-refractivity contribution in [1.29, 1.82) is 0 Å². The number of aryl methyl sites for hydroxylation is 1. The van der Waals surface area contributed by atoms with Crippen LogP contribution < -0.4 is 5.32 Å². The van der Waals surface area contributed by atoms with Gasteiger partial charge in [0.05, 0.1) is 6.04 Å². The highest BCUT2D eigenvalue weighted by molar-refractivity contribution is 7.99. The molecule has 1 atom stereocenters. The summed E-state index contributed by atoms with van der Waals surface area (Å²) in [7, 11) is 0. The van der Waals surface area contributed by atoms with Crippen molar-refractivity contribution >= 4 is 11.8 Å². The first-order chi connectivity index (χ1) is 6.57. The first-order valence-electron chi connectivity index (χ1n) is 4.99. The van der Waals surface area contributed by atoms with Gasteiger partial charge < -0.3 is 9.73 Å². The second-order valence-electron chi connectivity index (χ2n) is 4.54. The van der Waals surface area contributed by atoms with Crippen molar-refractivity contribution < 1.29 is 4.42 Å². The standard InChI is InChI=1S/C11H17NOS/c1-8-4-5-10(13-8)9-6-14-7-11(2,3)12-9/h4-5,9,12H,6-7H2,1-3H3. The molecule has 1 aliphatic rings. The summed E-state index contributed by atoms with van der Waals surface area (Å²) in [6.45, 7) is 6.47. The molecule has 78 valence electrons. The molecule has 2 nitrogen and oxygen atoms in total. The number of thioether (sulfide) groups is 1. The van der Waals surface area contributed by atoms with E-state index in [1.54, 1.807) is 0 Å². The van der Waals surface area contributed by atoms with E-state index in [1.165, 1.54) is 5.75 Å². The fourth-order valence-corrected chi connectivity index (χ4v) is 2.98. The summed E-state index contributed by atoms with van der Waals surface area (Å²) >= 11 is 1.99. The zero-order valence-electron chi connectivity index (χ0n) is 8.96. The summed E-state index contributed by atoms with van der Waals surface area (Å²) in [6.07, 6.45) is 0. The fourth-order valence-electron chi connectivity index (χ4n) is 1.78. The number of furan rings is 1. The van der Waals surface area contributed by atoms with Crippen LogP contribution in [-0.4, -0.2) is 17.0 Å². The van der Waals surface area contributed by atoms with E-state index in [1.807, 2.05) is 24.8 Å². The van der Waals surface area contributed by atoms with E-state index in [4.69, 9.17) is 4.42 Å². The van der Waals surface area contributed by atoms with Crippen LogP contribution in [-0.2, 0) is 0 Å². The smallest absolute Gasteiger partial charge is 0.121 e. The van der Waals surface area contributed by atoms with E-state index in [-0.39, 0.29) is 5.54 Å². The summed E-state index contributed by atoms with van der Waals surface area (Å²) in [4.78, 5) is 0. The second kappa shape index (κ2) is 3.63. The monoisotopic (exact) mass is 211 g/mol. The lowest BCUT2D eigenvalue weighted by molar-refractivity contribution is 0.332. The molecule has 1 N–H and O–H groups in total. The van der Waals surface area contributed by atoms with E-state index in [0.29, 0.717) is 6.04 Å². The SMILES string of the molecule is Cc1ccc(C2CSCC(C)(C)N2)o1. The van der Waals surface area contributed by atoms with Crippen LogP contribution in [0.4, 0.5) is 0 Å². The van der Waals surface area contributed by atoms with Gasteiger partial charge in [0.1, 0.15) is 11.5 Å². The fraction of sp³-hybridized carbons (Fsp3) is 0.636. The Bertz CT molecular complexity index is 319. The molecule has 0 radical (unpaired) electrons. The van der Waals surface area contributed by atoms with Crippen LogP contribution in [0.15, 0.2) is 16.5 Å². The molecular weight excluding hydrogens is 194 g/mol. The minimum absolute atomic E-state index is 0.217. The highest BCUT2D eigenvalue weighted by atomic mass is 32.2. The van der Waals surface area contributed by atoms with Crippen molar-refractivity contribution in [2.24, 2.45) is 0 Å². The Hall–Kier alpha value is -0.410. The molecule has 0 amide bonds. The van der Waals surface area contributed by atoms with Crippen LogP contribution in [0.2, 0.25) is 0 Å². The molecule has 1 fully saturated rings. The topological polar surface area (TPSA) is 25.2 Å². The molecule has 0 saturated carbocycles. The van der Waals surface area contributed by atoms with E-state index in [9.17, 15) is 0 Å². The van der Waals surface area contributed by atoms with Gasteiger partial charge in [-0.3, -0.25) is 0 Å². The number of hydrogen-bond donors (Lipinski definition) is 1. The number of nitrogens with one attached hydrogen (secondary N) is 1. The normalized spacial score (nSPS) is 26.4. The van der Waals surface area contributed by atoms with Crippen molar-refractivity contribution in [2.75, 3.05) is 11.5 Å². The Morgan fingerprint density at radius 1 is 1.50 bits per heavy atom. The molecule has 0 aliphatic carbocycles. The first-order valence-corrected chi connectivity index (χ1v) is 6.14. The Balaban J connectivity index is 2.12. The van der Waals surface area contributed by atoms with Crippen LogP contribution in [0.5, 0.6) is 0 Å². The first kappa shape index (κ1) is 10.1. The van der Waals surface area contributed by atoms with Gasteiger partial charge in [0.15, 0.2) is 0 Å². The predicted molar refractivity (Wildman–Crippen MR) is 60.7 cm³/mol. The van der Waals surface area contributed by atoms with Gasteiger partial charge in [-0.2, -0.15) is 11.8 Å². The molecule has 2 heterocycles. The lowest BCUT2D eigenvalue weighted by Crippen LogP contribution is -2.48. The molecule has 0 aromatic carbocycles. The second-order valence-corrected chi connectivity index (χ2v) is 5.57. The maximum absolute atomic E-state index is 5.64. The number of rotatable bonds is 1. The van der Waals surface area contributed by atoms with Crippen molar-refractivity contribution in [3.05, 3.63) is 23.7 Å². The van der Waals surface area contributed by atoms with E-state index in [2.05, 4.69) is 25.2 Å². The maximum Gasteiger partial charge on any atom is 0.121 e. The van der Waals surface area contributed by atoms with Crippen molar-refractivity contribution in [2.45, 2.75) is 32.4 Å². The van der Waals surface area contributed by atoms with E-state index >= 15 is 0 Å². The third-order valence-electron chi connectivity index (χ3n) is 2.42. The molecule has 1 saturated heterocycles. The van der Waals surface area contributed by atoms with Crippen molar-refractivity contribution in [3.8, 4) is 0 Å². The van der Waals surface area contributed by atoms with Crippen LogP contribution in [0.25, 0.3) is 0 Å². The van der Waals surface area contributed by atoms with Gasteiger partial charge in [-0.1, -0.05) is 0 Å². The predicted octanol–water partition coefficient (Wildman–Crippen LogP) is 2.74. The third-order valence-corrected chi connectivity index (χ3v) is 3.91. The number of hydrogen-bond acceptors (Lipinski definition) is 3. The molecule has 0 bridgehead atoms. The highest BCUT2D eigenvalue weighted by Gasteiger charge is 2.29. The summed E-state index contributed by atoms with van der Waals surface area (Å²) < 4.78 is 5.64. The molecule has 3 heteroatoms. The Morgan fingerprint density at radius 3 is 2.86 bits per heavy atom. The molecule has 2 rings (SSSR count). The average molecular weight is 211 g/mol. The average Bonchev–Trinajstić information content (AvgIpc) is 2.50. The van der Waals surface area contributed by atoms with Crippen LogP contribution in [0.3, 0.4) is 0 Å². The molecule has 0 spiro atoms. The van der Waals surface area contributed by atoms with Gasteiger partial charge in [-0.15, -0.1) is 0 Å². The van der Waals surface area contributed by atoms with Gasteiger partial charge in [0.2, 0.25) is 0 Å². The summed E-state index contributed by atoms with van der Waals surface area (Å²) in [5, 5.41) is 3.61.